The van der Waals surface area contributed by atoms with Gasteiger partial charge in [0.15, 0.2) is 6.19 Å². The first-order chi connectivity index (χ1) is 6.30. The molecule has 1 rings (SSSR count). The zero-order valence-electron chi connectivity index (χ0n) is 7.83. The van der Waals surface area contributed by atoms with Gasteiger partial charge in [0.05, 0.1) is 0 Å². The predicted octanol–water partition coefficient (Wildman–Crippen LogP) is 1.49. The van der Waals surface area contributed by atoms with Crippen LogP contribution in [-0.2, 0) is 12.8 Å². The number of aromatic nitrogens is 2. The number of nitrogens with one attached hydrogen (secondary N) is 1. The van der Waals surface area contributed by atoms with Crippen molar-refractivity contribution in [3.05, 3.63) is 17.5 Å². The van der Waals surface area contributed by atoms with Crippen molar-refractivity contribution in [2.75, 3.05) is 5.32 Å². The molecule has 0 atom stereocenters. The third-order valence-corrected chi connectivity index (χ3v) is 1.72. The van der Waals surface area contributed by atoms with E-state index in [9.17, 15) is 0 Å². The van der Waals surface area contributed by atoms with Gasteiger partial charge in [-0.3, -0.25) is 5.32 Å². The smallest absolute Gasteiger partial charge is 0.236 e. The van der Waals surface area contributed by atoms with Gasteiger partial charge in [-0.15, -0.1) is 0 Å². The number of aryl methyl sites for hydroxylation is 2. The Morgan fingerprint density at radius 3 is 2.23 bits per heavy atom. The van der Waals surface area contributed by atoms with Gasteiger partial charge in [-0.1, -0.05) is 13.8 Å². The zero-order chi connectivity index (χ0) is 9.68. The molecule has 0 radical (unpaired) electrons. The van der Waals surface area contributed by atoms with Crippen LogP contribution in [-0.4, -0.2) is 9.97 Å². The van der Waals surface area contributed by atoms with E-state index in [1.165, 1.54) is 0 Å². The molecule has 0 fully saturated rings. The summed E-state index contributed by atoms with van der Waals surface area (Å²) < 4.78 is 0. The summed E-state index contributed by atoms with van der Waals surface area (Å²) >= 11 is 0. The molecule has 0 amide bonds. The lowest BCUT2D eigenvalue weighted by Crippen LogP contribution is -2.02. The minimum absolute atomic E-state index is 0.402. The van der Waals surface area contributed by atoms with Crippen LogP contribution >= 0.6 is 0 Å². The van der Waals surface area contributed by atoms with Crippen LogP contribution in [0.4, 0.5) is 5.95 Å². The summed E-state index contributed by atoms with van der Waals surface area (Å²) in [7, 11) is 0. The number of anilines is 1. The molecule has 1 N–H and O–H groups in total. The average molecular weight is 176 g/mol. The summed E-state index contributed by atoms with van der Waals surface area (Å²) in [4.78, 5) is 8.29. The molecule has 4 nitrogen and oxygen atoms in total. The molecule has 1 heterocycles. The van der Waals surface area contributed by atoms with E-state index in [0.717, 1.165) is 24.2 Å². The fraction of sp³-hybridized carbons (Fsp3) is 0.444. The maximum atomic E-state index is 8.41. The van der Waals surface area contributed by atoms with Crippen molar-refractivity contribution < 1.29 is 0 Å². The van der Waals surface area contributed by atoms with E-state index < -0.39 is 0 Å². The molecule has 4 heteroatoms. The first kappa shape index (κ1) is 9.46. The summed E-state index contributed by atoms with van der Waals surface area (Å²) in [5.74, 6) is 0.402. The van der Waals surface area contributed by atoms with Crippen molar-refractivity contribution in [1.82, 2.24) is 9.97 Å². The van der Waals surface area contributed by atoms with E-state index in [1.807, 2.05) is 26.1 Å². The summed E-state index contributed by atoms with van der Waals surface area (Å²) in [5.41, 5.74) is 1.93. The van der Waals surface area contributed by atoms with Crippen LogP contribution in [0.3, 0.4) is 0 Å². The summed E-state index contributed by atoms with van der Waals surface area (Å²) in [6.45, 7) is 4.05. The molecule has 0 aromatic carbocycles. The van der Waals surface area contributed by atoms with E-state index in [-0.39, 0.29) is 0 Å². The number of nitriles is 1. The molecule has 68 valence electrons. The van der Waals surface area contributed by atoms with Crippen LogP contribution in [0.15, 0.2) is 6.07 Å². The van der Waals surface area contributed by atoms with Gasteiger partial charge in [0, 0.05) is 11.4 Å². The van der Waals surface area contributed by atoms with Gasteiger partial charge < -0.3 is 0 Å². The quantitative estimate of drug-likeness (QED) is 0.560. The Morgan fingerprint density at radius 1 is 1.31 bits per heavy atom. The van der Waals surface area contributed by atoms with Gasteiger partial charge >= 0.3 is 0 Å². The highest BCUT2D eigenvalue weighted by molar-refractivity contribution is 5.32. The second-order valence-corrected chi connectivity index (χ2v) is 2.62. The first-order valence-corrected chi connectivity index (χ1v) is 4.32. The van der Waals surface area contributed by atoms with Crippen molar-refractivity contribution in [2.45, 2.75) is 26.7 Å². The Labute approximate surface area is 77.6 Å². The fourth-order valence-electron chi connectivity index (χ4n) is 1.02. The van der Waals surface area contributed by atoms with Crippen LogP contribution < -0.4 is 5.32 Å². The largest absolute Gasteiger partial charge is 0.261 e. The van der Waals surface area contributed by atoms with Crippen LogP contribution in [0.25, 0.3) is 0 Å². The fourth-order valence-corrected chi connectivity index (χ4v) is 1.02. The molecule has 1 aromatic rings. The van der Waals surface area contributed by atoms with Crippen molar-refractivity contribution >= 4 is 5.95 Å². The van der Waals surface area contributed by atoms with Crippen molar-refractivity contribution in [3.63, 3.8) is 0 Å². The molecule has 1 aromatic heterocycles. The van der Waals surface area contributed by atoms with Crippen LogP contribution in [0.1, 0.15) is 25.2 Å². The molecule has 0 aliphatic carbocycles. The average Bonchev–Trinajstić information content (AvgIpc) is 2.17. The van der Waals surface area contributed by atoms with E-state index >= 15 is 0 Å². The highest BCUT2D eigenvalue weighted by atomic mass is 15.1. The van der Waals surface area contributed by atoms with E-state index in [2.05, 4.69) is 15.3 Å². The molecule has 13 heavy (non-hydrogen) atoms. The normalized spacial score (nSPS) is 9.31. The number of hydrogen-bond acceptors (Lipinski definition) is 4. The molecule has 0 unspecified atom stereocenters. The van der Waals surface area contributed by atoms with Gasteiger partial charge in [-0.25, -0.2) is 9.97 Å². The molecule has 0 aliphatic rings. The summed E-state index contributed by atoms with van der Waals surface area (Å²) in [6.07, 6.45) is 3.53. The Bertz CT molecular complexity index is 305. The second kappa shape index (κ2) is 4.41. The van der Waals surface area contributed by atoms with Gasteiger partial charge in [0.2, 0.25) is 5.95 Å². The Balaban J connectivity index is 3.01. The number of nitrogens with zero attached hydrogens (tertiary/aromatic N) is 3. The Morgan fingerprint density at radius 2 is 1.85 bits per heavy atom. The molecule has 0 aliphatic heterocycles. The third kappa shape index (κ3) is 2.41. The van der Waals surface area contributed by atoms with Crippen LogP contribution in [0.2, 0.25) is 0 Å². The number of rotatable bonds is 3. The molecular formula is C9H12N4. The standard InChI is InChI=1S/C9H12N4/c1-3-7-5-8(4-2)13-9(12-7)11-6-10/h5H,3-4H2,1-2H3,(H,11,12,13). The SMILES string of the molecule is CCc1cc(CC)nc(NC#N)n1. The van der Waals surface area contributed by atoms with Gasteiger partial charge in [-0.2, -0.15) is 5.26 Å². The minimum atomic E-state index is 0.402. The van der Waals surface area contributed by atoms with Crippen molar-refractivity contribution in [3.8, 4) is 6.19 Å². The molecule has 0 saturated carbocycles. The lowest BCUT2D eigenvalue weighted by Gasteiger charge is -2.02. The highest BCUT2D eigenvalue weighted by Crippen LogP contribution is 2.06. The molecule has 0 bridgehead atoms. The molecule has 0 saturated heterocycles. The minimum Gasteiger partial charge on any atom is -0.261 e. The van der Waals surface area contributed by atoms with Crippen LogP contribution in [0, 0.1) is 11.5 Å². The monoisotopic (exact) mass is 176 g/mol. The van der Waals surface area contributed by atoms with E-state index in [4.69, 9.17) is 5.26 Å². The first-order valence-electron chi connectivity index (χ1n) is 4.32. The lowest BCUT2D eigenvalue weighted by molar-refractivity contribution is 0.943. The Hall–Kier alpha value is -1.63. The third-order valence-electron chi connectivity index (χ3n) is 1.72. The molecular weight excluding hydrogens is 164 g/mol. The van der Waals surface area contributed by atoms with Crippen LogP contribution in [0.5, 0.6) is 0 Å². The van der Waals surface area contributed by atoms with Gasteiger partial charge in [0.1, 0.15) is 0 Å². The van der Waals surface area contributed by atoms with E-state index in [0.29, 0.717) is 5.95 Å². The molecule has 0 spiro atoms. The van der Waals surface area contributed by atoms with Crippen molar-refractivity contribution in [2.24, 2.45) is 0 Å². The maximum absolute atomic E-state index is 8.41. The van der Waals surface area contributed by atoms with Crippen molar-refractivity contribution in [1.29, 1.82) is 5.26 Å². The van der Waals surface area contributed by atoms with Gasteiger partial charge in [0.25, 0.3) is 0 Å². The van der Waals surface area contributed by atoms with Gasteiger partial charge in [-0.05, 0) is 18.9 Å². The van der Waals surface area contributed by atoms with E-state index in [1.54, 1.807) is 0 Å². The predicted molar refractivity (Wildman–Crippen MR) is 50.0 cm³/mol. The Kier molecular flexibility index (Phi) is 3.21. The zero-order valence-corrected chi connectivity index (χ0v) is 7.83. The second-order valence-electron chi connectivity index (χ2n) is 2.62. The number of hydrogen-bond donors (Lipinski definition) is 1. The lowest BCUT2D eigenvalue weighted by atomic mass is 10.2. The topological polar surface area (TPSA) is 61.6 Å². The maximum Gasteiger partial charge on any atom is 0.236 e. The summed E-state index contributed by atoms with van der Waals surface area (Å²) in [5, 5.41) is 10.8. The summed E-state index contributed by atoms with van der Waals surface area (Å²) in [6, 6.07) is 1.96. The highest BCUT2D eigenvalue weighted by Gasteiger charge is 2.00.